The fourth-order valence-corrected chi connectivity index (χ4v) is 3.62. The van der Waals surface area contributed by atoms with Crippen molar-refractivity contribution in [2.24, 2.45) is 0 Å². The van der Waals surface area contributed by atoms with Crippen LogP contribution in [0.5, 0.6) is 17.2 Å². The van der Waals surface area contributed by atoms with Crippen molar-refractivity contribution in [3.63, 3.8) is 0 Å². The average molecular weight is 476 g/mol. The summed E-state index contributed by atoms with van der Waals surface area (Å²) < 4.78 is 17.3. The first kappa shape index (κ1) is 25.9. The van der Waals surface area contributed by atoms with Crippen LogP contribution >= 0.6 is 24.0 Å². The van der Waals surface area contributed by atoms with Crippen LogP contribution in [0.2, 0.25) is 5.02 Å². The SMILES string of the molecule is CCOc1cc(CNCCc2ccccc2OC)cc(Cl)c1OCc1ccc(C)cc1.Cl. The Morgan fingerprint density at radius 1 is 0.906 bits per heavy atom. The highest BCUT2D eigenvalue weighted by Crippen LogP contribution is 2.37. The molecule has 3 aromatic carbocycles. The van der Waals surface area contributed by atoms with Gasteiger partial charge in [-0.25, -0.2) is 0 Å². The summed E-state index contributed by atoms with van der Waals surface area (Å²) in [6.45, 7) is 6.52. The first-order valence-corrected chi connectivity index (χ1v) is 10.9. The lowest BCUT2D eigenvalue weighted by Gasteiger charge is -2.16. The van der Waals surface area contributed by atoms with Gasteiger partial charge in [-0.2, -0.15) is 0 Å². The van der Waals surface area contributed by atoms with Crippen molar-refractivity contribution in [3.8, 4) is 17.2 Å². The fourth-order valence-electron chi connectivity index (χ4n) is 3.33. The first-order valence-electron chi connectivity index (χ1n) is 10.6. The lowest BCUT2D eigenvalue weighted by molar-refractivity contribution is 0.269. The van der Waals surface area contributed by atoms with Gasteiger partial charge in [-0.3, -0.25) is 0 Å². The van der Waals surface area contributed by atoms with Gasteiger partial charge in [0.05, 0.1) is 18.7 Å². The zero-order chi connectivity index (χ0) is 22.1. The Labute approximate surface area is 202 Å². The number of nitrogens with one attached hydrogen (secondary N) is 1. The summed E-state index contributed by atoms with van der Waals surface area (Å²) in [5, 5.41) is 4.03. The summed E-state index contributed by atoms with van der Waals surface area (Å²) in [5.41, 5.74) is 4.55. The minimum Gasteiger partial charge on any atom is -0.496 e. The van der Waals surface area contributed by atoms with Crippen LogP contribution in [0.15, 0.2) is 60.7 Å². The first-order chi connectivity index (χ1) is 15.1. The minimum atomic E-state index is 0. The van der Waals surface area contributed by atoms with Crippen molar-refractivity contribution in [1.29, 1.82) is 0 Å². The third-order valence-electron chi connectivity index (χ3n) is 4.97. The largest absolute Gasteiger partial charge is 0.496 e. The Hall–Kier alpha value is -2.40. The normalized spacial score (nSPS) is 10.4. The summed E-state index contributed by atoms with van der Waals surface area (Å²) in [6.07, 6.45) is 0.883. The second-order valence-corrected chi connectivity index (χ2v) is 7.76. The van der Waals surface area contributed by atoms with E-state index in [4.69, 9.17) is 25.8 Å². The van der Waals surface area contributed by atoms with Gasteiger partial charge in [0.1, 0.15) is 12.4 Å². The summed E-state index contributed by atoms with van der Waals surface area (Å²) >= 11 is 6.56. The number of methoxy groups -OCH3 is 1. The molecule has 4 nitrogen and oxygen atoms in total. The van der Waals surface area contributed by atoms with Crippen molar-refractivity contribution < 1.29 is 14.2 Å². The van der Waals surface area contributed by atoms with Crippen LogP contribution in [0.4, 0.5) is 0 Å². The van der Waals surface area contributed by atoms with Gasteiger partial charge >= 0.3 is 0 Å². The van der Waals surface area contributed by atoms with Crippen LogP contribution in [0, 0.1) is 6.92 Å². The standard InChI is InChI=1S/C26H30ClNO3.ClH/c1-4-30-25-16-21(17-28-14-13-22-7-5-6-8-24(22)29-3)15-23(27)26(25)31-18-20-11-9-19(2)10-12-20;/h5-12,15-16,28H,4,13-14,17-18H2,1-3H3;1H. The lowest BCUT2D eigenvalue weighted by atomic mass is 10.1. The fraction of sp³-hybridized carbons (Fsp3) is 0.308. The maximum atomic E-state index is 6.56. The summed E-state index contributed by atoms with van der Waals surface area (Å²) in [7, 11) is 1.70. The molecule has 0 bridgehead atoms. The highest BCUT2D eigenvalue weighted by molar-refractivity contribution is 6.32. The maximum Gasteiger partial charge on any atom is 0.180 e. The third-order valence-corrected chi connectivity index (χ3v) is 5.25. The van der Waals surface area contributed by atoms with E-state index < -0.39 is 0 Å². The number of halogens is 2. The van der Waals surface area contributed by atoms with Gasteiger partial charge in [0.15, 0.2) is 11.5 Å². The van der Waals surface area contributed by atoms with Gasteiger partial charge in [-0.1, -0.05) is 59.6 Å². The van der Waals surface area contributed by atoms with Gasteiger partial charge in [-0.15, -0.1) is 12.4 Å². The number of hydrogen-bond donors (Lipinski definition) is 1. The molecule has 0 unspecified atom stereocenters. The monoisotopic (exact) mass is 475 g/mol. The van der Waals surface area contributed by atoms with Gasteiger partial charge in [0, 0.05) is 6.54 Å². The van der Waals surface area contributed by atoms with Crippen molar-refractivity contribution in [2.45, 2.75) is 33.4 Å². The minimum absolute atomic E-state index is 0. The van der Waals surface area contributed by atoms with Crippen molar-refractivity contribution in [3.05, 3.63) is 87.9 Å². The molecule has 3 rings (SSSR count). The van der Waals surface area contributed by atoms with Gasteiger partial charge < -0.3 is 19.5 Å². The quantitative estimate of drug-likeness (QED) is 0.326. The number of benzene rings is 3. The van der Waals surface area contributed by atoms with E-state index in [2.05, 4.69) is 42.6 Å². The molecule has 0 fully saturated rings. The van der Waals surface area contributed by atoms with Crippen LogP contribution in [0.25, 0.3) is 0 Å². The summed E-state index contributed by atoms with van der Waals surface area (Å²) in [6, 6.07) is 20.3. The van der Waals surface area contributed by atoms with E-state index in [-0.39, 0.29) is 12.4 Å². The molecule has 0 radical (unpaired) electrons. The van der Waals surface area contributed by atoms with E-state index in [0.717, 1.165) is 29.8 Å². The number of rotatable bonds is 11. The van der Waals surface area contributed by atoms with Crippen LogP contribution in [0.1, 0.15) is 29.2 Å². The van der Waals surface area contributed by atoms with E-state index in [0.29, 0.717) is 36.3 Å². The molecule has 1 N–H and O–H groups in total. The van der Waals surface area contributed by atoms with E-state index in [1.165, 1.54) is 11.1 Å². The molecule has 32 heavy (non-hydrogen) atoms. The smallest absolute Gasteiger partial charge is 0.180 e. The molecule has 0 atom stereocenters. The van der Waals surface area contributed by atoms with Gasteiger partial charge in [0.2, 0.25) is 0 Å². The number of aryl methyl sites for hydroxylation is 1. The second-order valence-electron chi connectivity index (χ2n) is 7.35. The maximum absolute atomic E-state index is 6.56. The van der Waals surface area contributed by atoms with E-state index in [1.807, 2.05) is 37.3 Å². The molecule has 3 aromatic rings. The predicted molar refractivity (Wildman–Crippen MR) is 134 cm³/mol. The third kappa shape index (κ3) is 7.33. The van der Waals surface area contributed by atoms with Crippen molar-refractivity contribution in [2.75, 3.05) is 20.3 Å². The summed E-state index contributed by atoms with van der Waals surface area (Å²) in [4.78, 5) is 0. The Morgan fingerprint density at radius 3 is 2.38 bits per heavy atom. The van der Waals surface area contributed by atoms with E-state index >= 15 is 0 Å². The molecule has 6 heteroatoms. The topological polar surface area (TPSA) is 39.7 Å². The Balaban J connectivity index is 0.00000363. The Morgan fingerprint density at radius 2 is 1.66 bits per heavy atom. The zero-order valence-electron chi connectivity index (χ0n) is 18.8. The van der Waals surface area contributed by atoms with Crippen molar-refractivity contribution >= 4 is 24.0 Å². The highest BCUT2D eigenvalue weighted by atomic mass is 35.5. The number of hydrogen-bond acceptors (Lipinski definition) is 4. The number of ether oxygens (including phenoxy) is 3. The van der Waals surface area contributed by atoms with Gasteiger partial charge in [0.25, 0.3) is 0 Å². The van der Waals surface area contributed by atoms with Crippen molar-refractivity contribution in [1.82, 2.24) is 5.32 Å². The van der Waals surface area contributed by atoms with Crippen LogP contribution in [0.3, 0.4) is 0 Å². The summed E-state index contributed by atoms with van der Waals surface area (Å²) in [5.74, 6) is 2.17. The molecule has 0 aliphatic heterocycles. The van der Waals surface area contributed by atoms with Crippen LogP contribution in [-0.2, 0) is 19.6 Å². The molecule has 0 saturated heterocycles. The highest BCUT2D eigenvalue weighted by Gasteiger charge is 2.13. The molecule has 0 aliphatic rings. The van der Waals surface area contributed by atoms with E-state index in [9.17, 15) is 0 Å². The molecule has 0 aliphatic carbocycles. The molecule has 0 heterocycles. The molecule has 0 amide bonds. The van der Waals surface area contributed by atoms with E-state index in [1.54, 1.807) is 7.11 Å². The molecular formula is C26H31Cl2NO3. The molecule has 0 spiro atoms. The zero-order valence-corrected chi connectivity index (χ0v) is 20.4. The number of para-hydroxylation sites is 1. The van der Waals surface area contributed by atoms with Crippen LogP contribution < -0.4 is 19.5 Å². The average Bonchev–Trinajstić information content (AvgIpc) is 2.78. The molecular weight excluding hydrogens is 445 g/mol. The Bertz CT molecular complexity index is 977. The van der Waals surface area contributed by atoms with Gasteiger partial charge in [-0.05, 0) is 61.7 Å². The Kier molecular flexibility index (Phi) is 10.7. The molecule has 0 saturated carbocycles. The molecule has 0 aromatic heterocycles. The predicted octanol–water partition coefficient (Wildman–Crippen LogP) is 6.39. The van der Waals surface area contributed by atoms with Crippen LogP contribution in [-0.4, -0.2) is 20.3 Å². The lowest BCUT2D eigenvalue weighted by Crippen LogP contribution is -2.17. The molecule has 172 valence electrons. The second kappa shape index (κ2) is 13.2.